The van der Waals surface area contributed by atoms with Crippen molar-refractivity contribution in [3.8, 4) is 11.4 Å². The van der Waals surface area contributed by atoms with Gasteiger partial charge in [-0.25, -0.2) is 4.98 Å². The van der Waals surface area contributed by atoms with Crippen LogP contribution in [0, 0.1) is 5.41 Å². The summed E-state index contributed by atoms with van der Waals surface area (Å²) < 4.78 is 2.21. The first-order valence-corrected chi connectivity index (χ1v) is 9.03. The quantitative estimate of drug-likeness (QED) is 0.859. The normalized spacial score (nSPS) is 16.2. The Labute approximate surface area is 150 Å². The number of rotatable bonds is 4. The summed E-state index contributed by atoms with van der Waals surface area (Å²) in [5.41, 5.74) is 0.858. The molecule has 0 radical (unpaired) electrons. The Morgan fingerprint density at radius 1 is 1.04 bits per heavy atom. The predicted molar refractivity (Wildman–Crippen MR) is 100 cm³/mol. The third-order valence-electron chi connectivity index (χ3n) is 4.71. The van der Waals surface area contributed by atoms with Gasteiger partial charge < -0.3 is 9.47 Å². The monoisotopic (exact) mass is 340 g/mol. The van der Waals surface area contributed by atoms with Gasteiger partial charge in [0.1, 0.15) is 5.82 Å². The lowest BCUT2D eigenvalue weighted by molar-refractivity contribution is -0.141. The lowest BCUT2D eigenvalue weighted by atomic mass is 9.94. The van der Waals surface area contributed by atoms with Crippen LogP contribution in [0.2, 0.25) is 0 Å². The molecule has 0 saturated carbocycles. The maximum Gasteiger partial charge on any atom is 0.228 e. The summed E-state index contributed by atoms with van der Waals surface area (Å²) in [5, 5.41) is 0. The average Bonchev–Trinajstić information content (AvgIpc) is 3.08. The number of carbonyl (C=O) groups is 1. The van der Waals surface area contributed by atoms with E-state index in [1.807, 2.05) is 56.3 Å². The van der Waals surface area contributed by atoms with Crippen LogP contribution in [0.1, 0.15) is 20.8 Å². The van der Waals surface area contributed by atoms with Crippen molar-refractivity contribution in [2.75, 3.05) is 32.7 Å². The molecule has 1 amide bonds. The highest BCUT2D eigenvalue weighted by molar-refractivity contribution is 5.81. The molecule has 3 rings (SSSR count). The van der Waals surface area contributed by atoms with Gasteiger partial charge in [0, 0.05) is 62.6 Å². The van der Waals surface area contributed by atoms with Crippen molar-refractivity contribution in [1.82, 2.24) is 19.4 Å². The molecule has 5 heteroatoms. The summed E-state index contributed by atoms with van der Waals surface area (Å²) in [4.78, 5) is 21.3. The van der Waals surface area contributed by atoms with Gasteiger partial charge in [0.15, 0.2) is 0 Å². The fourth-order valence-electron chi connectivity index (χ4n) is 3.24. The first-order valence-electron chi connectivity index (χ1n) is 9.03. The minimum Gasteiger partial charge on any atom is -0.340 e. The maximum absolute atomic E-state index is 12.4. The summed E-state index contributed by atoms with van der Waals surface area (Å²) in [5.74, 6) is 1.27. The summed E-state index contributed by atoms with van der Waals surface area (Å²) in [6.45, 7) is 11.4. The summed E-state index contributed by atoms with van der Waals surface area (Å²) in [6.07, 6.45) is 3.91. The molecule has 0 aliphatic carbocycles. The van der Waals surface area contributed by atoms with E-state index in [1.165, 1.54) is 0 Å². The second-order valence-corrected chi connectivity index (χ2v) is 7.69. The molecule has 1 aliphatic rings. The molecule has 2 aromatic rings. The molecule has 0 spiro atoms. The molecule has 1 aromatic carbocycles. The third kappa shape index (κ3) is 4.28. The molecule has 25 heavy (non-hydrogen) atoms. The van der Waals surface area contributed by atoms with E-state index >= 15 is 0 Å². The summed E-state index contributed by atoms with van der Waals surface area (Å²) in [6, 6.07) is 10.3. The molecular weight excluding hydrogens is 312 g/mol. The van der Waals surface area contributed by atoms with Crippen LogP contribution in [-0.4, -0.2) is 58.0 Å². The highest BCUT2D eigenvalue weighted by Crippen LogP contribution is 2.19. The minimum atomic E-state index is -0.288. The number of imidazole rings is 1. The average molecular weight is 340 g/mol. The fraction of sp³-hybridized carbons (Fsp3) is 0.500. The Kier molecular flexibility index (Phi) is 5.23. The first kappa shape index (κ1) is 17.7. The fourth-order valence-corrected chi connectivity index (χ4v) is 3.24. The zero-order chi connectivity index (χ0) is 17.9. The molecule has 134 valence electrons. The van der Waals surface area contributed by atoms with Gasteiger partial charge in [-0.3, -0.25) is 9.69 Å². The molecule has 5 nitrogen and oxygen atoms in total. The molecule has 2 heterocycles. The van der Waals surface area contributed by atoms with Gasteiger partial charge in [0.25, 0.3) is 0 Å². The Hall–Kier alpha value is -2.14. The Morgan fingerprint density at radius 3 is 2.36 bits per heavy atom. The van der Waals surface area contributed by atoms with Crippen LogP contribution in [0.25, 0.3) is 11.4 Å². The maximum atomic E-state index is 12.4. The van der Waals surface area contributed by atoms with E-state index < -0.39 is 0 Å². The van der Waals surface area contributed by atoms with E-state index in [9.17, 15) is 4.79 Å². The number of nitrogens with zero attached hydrogens (tertiary/aromatic N) is 4. The van der Waals surface area contributed by atoms with Gasteiger partial charge in [-0.05, 0) is 0 Å². The van der Waals surface area contributed by atoms with Gasteiger partial charge in [0.2, 0.25) is 5.91 Å². The standard InChI is InChI=1S/C20H28N4O/c1-20(2,3)19(25)24-15-12-22(13-16-24)11-14-23-10-9-21-18(23)17-7-5-4-6-8-17/h4-10H,11-16H2,1-3H3. The molecule has 0 unspecified atom stereocenters. The SMILES string of the molecule is CC(C)(C)C(=O)N1CCN(CCn2ccnc2-c2ccccc2)CC1. The van der Waals surface area contributed by atoms with Crippen LogP contribution < -0.4 is 0 Å². The van der Waals surface area contributed by atoms with Crippen LogP contribution >= 0.6 is 0 Å². The molecule has 0 atom stereocenters. The smallest absolute Gasteiger partial charge is 0.228 e. The predicted octanol–water partition coefficient (Wildman–Crippen LogP) is 2.74. The van der Waals surface area contributed by atoms with Crippen LogP contribution in [0.15, 0.2) is 42.7 Å². The Bertz CT molecular complexity index is 694. The van der Waals surface area contributed by atoms with Gasteiger partial charge >= 0.3 is 0 Å². The molecular formula is C20H28N4O. The van der Waals surface area contributed by atoms with E-state index in [4.69, 9.17) is 0 Å². The van der Waals surface area contributed by atoms with Gasteiger partial charge in [0.05, 0.1) is 0 Å². The van der Waals surface area contributed by atoms with Crippen molar-refractivity contribution >= 4 is 5.91 Å². The van der Waals surface area contributed by atoms with Crippen molar-refractivity contribution in [3.63, 3.8) is 0 Å². The Balaban J connectivity index is 1.53. The lowest BCUT2D eigenvalue weighted by Gasteiger charge is -2.37. The van der Waals surface area contributed by atoms with E-state index in [2.05, 4.69) is 26.6 Å². The first-order chi connectivity index (χ1) is 11.9. The molecule has 0 N–H and O–H groups in total. The zero-order valence-corrected chi connectivity index (χ0v) is 15.5. The van der Waals surface area contributed by atoms with Gasteiger partial charge in [-0.2, -0.15) is 0 Å². The number of carbonyl (C=O) groups excluding carboxylic acids is 1. The van der Waals surface area contributed by atoms with Crippen LogP contribution in [0.4, 0.5) is 0 Å². The van der Waals surface area contributed by atoms with Crippen LogP contribution in [0.5, 0.6) is 0 Å². The largest absolute Gasteiger partial charge is 0.340 e. The minimum absolute atomic E-state index is 0.258. The van der Waals surface area contributed by atoms with Crippen molar-refractivity contribution < 1.29 is 4.79 Å². The Morgan fingerprint density at radius 2 is 1.72 bits per heavy atom. The number of amides is 1. The number of piperazine rings is 1. The number of aromatic nitrogens is 2. The van der Waals surface area contributed by atoms with Crippen molar-refractivity contribution in [3.05, 3.63) is 42.7 Å². The van der Waals surface area contributed by atoms with Crippen molar-refractivity contribution in [1.29, 1.82) is 0 Å². The zero-order valence-electron chi connectivity index (χ0n) is 15.5. The van der Waals surface area contributed by atoms with E-state index in [-0.39, 0.29) is 11.3 Å². The number of benzene rings is 1. The topological polar surface area (TPSA) is 41.4 Å². The second kappa shape index (κ2) is 7.40. The van der Waals surface area contributed by atoms with E-state index in [0.717, 1.165) is 50.7 Å². The molecule has 0 bridgehead atoms. The highest BCUT2D eigenvalue weighted by atomic mass is 16.2. The number of hydrogen-bond acceptors (Lipinski definition) is 3. The molecule has 1 aromatic heterocycles. The second-order valence-electron chi connectivity index (χ2n) is 7.69. The summed E-state index contributed by atoms with van der Waals surface area (Å²) >= 11 is 0. The van der Waals surface area contributed by atoms with E-state index in [1.54, 1.807) is 0 Å². The van der Waals surface area contributed by atoms with Gasteiger partial charge in [-0.15, -0.1) is 0 Å². The molecule has 1 fully saturated rings. The molecule has 1 saturated heterocycles. The van der Waals surface area contributed by atoms with Crippen LogP contribution in [0.3, 0.4) is 0 Å². The number of hydrogen-bond donors (Lipinski definition) is 0. The third-order valence-corrected chi connectivity index (χ3v) is 4.71. The lowest BCUT2D eigenvalue weighted by Crippen LogP contribution is -2.52. The highest BCUT2D eigenvalue weighted by Gasteiger charge is 2.29. The molecule has 1 aliphatic heterocycles. The van der Waals surface area contributed by atoms with Crippen molar-refractivity contribution in [2.45, 2.75) is 27.3 Å². The summed E-state index contributed by atoms with van der Waals surface area (Å²) in [7, 11) is 0. The van der Waals surface area contributed by atoms with E-state index in [0.29, 0.717) is 0 Å². The van der Waals surface area contributed by atoms with Gasteiger partial charge in [-0.1, -0.05) is 51.1 Å². The van der Waals surface area contributed by atoms with Crippen molar-refractivity contribution in [2.24, 2.45) is 5.41 Å². The van der Waals surface area contributed by atoms with Crippen LogP contribution in [-0.2, 0) is 11.3 Å².